The highest BCUT2D eigenvalue weighted by Gasteiger charge is 2.23. The van der Waals surface area contributed by atoms with Gasteiger partial charge in [0.05, 0.1) is 23.0 Å². The minimum absolute atomic E-state index is 0.0736. The zero-order valence-electron chi connectivity index (χ0n) is 11.3. The lowest BCUT2D eigenvalue weighted by molar-refractivity contribution is 0.542. The van der Waals surface area contributed by atoms with Crippen LogP contribution in [-0.2, 0) is 6.54 Å². The monoisotopic (exact) mass is 375 g/mol. The molecule has 1 aromatic carbocycles. The van der Waals surface area contributed by atoms with Crippen LogP contribution in [0, 0.1) is 0 Å². The van der Waals surface area contributed by atoms with Crippen molar-refractivity contribution in [2.45, 2.75) is 26.4 Å². The molecule has 0 spiro atoms. The van der Waals surface area contributed by atoms with Gasteiger partial charge in [-0.2, -0.15) is 5.10 Å². The number of aromatic nitrogens is 2. The van der Waals surface area contributed by atoms with Crippen molar-refractivity contribution in [3.63, 3.8) is 0 Å². The summed E-state index contributed by atoms with van der Waals surface area (Å²) < 4.78 is 2.85. The standard InChI is InChI=1S/C14H16BrCl2N3/c1-3-18-13(10-6-5-9(15)7-11(10)16)14-12(17)8-19-20(14)4-2/h5-8,13,18H,3-4H2,1-2H3. The highest BCUT2D eigenvalue weighted by Crippen LogP contribution is 2.33. The molecule has 0 saturated carbocycles. The SMILES string of the molecule is CCNC(c1ccc(Br)cc1Cl)c1c(Cl)cnn1CC. The Morgan fingerprint density at radius 1 is 1.30 bits per heavy atom. The molecule has 1 aromatic heterocycles. The summed E-state index contributed by atoms with van der Waals surface area (Å²) in [5, 5.41) is 9.08. The number of hydrogen-bond donors (Lipinski definition) is 1. The van der Waals surface area contributed by atoms with Crippen LogP contribution in [0.4, 0.5) is 0 Å². The second-order valence-electron chi connectivity index (χ2n) is 4.35. The lowest BCUT2D eigenvalue weighted by atomic mass is 10.0. The van der Waals surface area contributed by atoms with Gasteiger partial charge in [-0.25, -0.2) is 0 Å². The Morgan fingerprint density at radius 3 is 2.65 bits per heavy atom. The van der Waals surface area contributed by atoms with E-state index < -0.39 is 0 Å². The van der Waals surface area contributed by atoms with Gasteiger partial charge in [0.2, 0.25) is 0 Å². The van der Waals surface area contributed by atoms with Gasteiger partial charge >= 0.3 is 0 Å². The molecule has 3 nitrogen and oxygen atoms in total. The predicted molar refractivity (Wildman–Crippen MR) is 87.6 cm³/mol. The number of aryl methyl sites for hydroxylation is 1. The minimum Gasteiger partial charge on any atom is -0.305 e. The Morgan fingerprint density at radius 2 is 2.05 bits per heavy atom. The zero-order chi connectivity index (χ0) is 14.7. The first-order chi connectivity index (χ1) is 9.58. The Balaban J connectivity index is 2.53. The van der Waals surface area contributed by atoms with Gasteiger partial charge in [-0.15, -0.1) is 0 Å². The maximum atomic E-state index is 6.38. The summed E-state index contributed by atoms with van der Waals surface area (Å²) in [6, 6.07) is 5.80. The third-order valence-corrected chi connectivity index (χ3v) is 4.20. The van der Waals surface area contributed by atoms with E-state index >= 15 is 0 Å². The van der Waals surface area contributed by atoms with Crippen molar-refractivity contribution in [1.82, 2.24) is 15.1 Å². The molecule has 0 bridgehead atoms. The predicted octanol–water partition coefficient (Wildman–Crippen LogP) is 4.67. The van der Waals surface area contributed by atoms with E-state index in [9.17, 15) is 0 Å². The van der Waals surface area contributed by atoms with Crippen LogP contribution in [-0.4, -0.2) is 16.3 Å². The summed E-state index contributed by atoms with van der Waals surface area (Å²) in [6.45, 7) is 5.67. The van der Waals surface area contributed by atoms with Gasteiger partial charge in [0.25, 0.3) is 0 Å². The second-order valence-corrected chi connectivity index (χ2v) is 6.08. The maximum absolute atomic E-state index is 6.38. The average Bonchev–Trinajstić information content (AvgIpc) is 2.78. The first-order valence-corrected chi connectivity index (χ1v) is 8.02. The summed E-state index contributed by atoms with van der Waals surface area (Å²) in [5.41, 5.74) is 1.94. The van der Waals surface area contributed by atoms with Crippen LogP contribution in [0.15, 0.2) is 28.9 Å². The third kappa shape index (κ3) is 3.19. The summed E-state index contributed by atoms with van der Waals surface area (Å²) in [7, 11) is 0. The molecule has 0 aliphatic carbocycles. The highest BCUT2D eigenvalue weighted by atomic mass is 79.9. The maximum Gasteiger partial charge on any atom is 0.0837 e. The van der Waals surface area contributed by atoms with E-state index in [0.717, 1.165) is 28.8 Å². The van der Waals surface area contributed by atoms with E-state index in [4.69, 9.17) is 23.2 Å². The molecule has 0 aliphatic rings. The molecule has 2 aromatic rings. The fourth-order valence-corrected chi connectivity index (χ4v) is 3.24. The molecule has 0 radical (unpaired) electrons. The molecule has 0 saturated heterocycles. The third-order valence-electron chi connectivity index (χ3n) is 3.09. The molecule has 0 fully saturated rings. The lowest BCUT2D eigenvalue weighted by Crippen LogP contribution is -2.25. The van der Waals surface area contributed by atoms with Gasteiger partial charge in [0.1, 0.15) is 0 Å². The number of hydrogen-bond acceptors (Lipinski definition) is 2. The fraction of sp³-hybridized carbons (Fsp3) is 0.357. The molecule has 1 atom stereocenters. The number of nitrogens with zero attached hydrogens (tertiary/aromatic N) is 2. The molecule has 0 amide bonds. The van der Waals surface area contributed by atoms with Gasteiger partial charge < -0.3 is 5.32 Å². The van der Waals surface area contributed by atoms with Crippen LogP contribution in [0.3, 0.4) is 0 Å². The van der Waals surface area contributed by atoms with Crippen LogP contribution >= 0.6 is 39.1 Å². The van der Waals surface area contributed by atoms with Crippen molar-refractivity contribution in [2.24, 2.45) is 0 Å². The zero-order valence-corrected chi connectivity index (χ0v) is 14.4. The molecular formula is C14H16BrCl2N3. The Kier molecular flexibility index (Phi) is 5.49. The second kappa shape index (κ2) is 6.94. The van der Waals surface area contributed by atoms with Gasteiger partial charge in [0, 0.05) is 16.0 Å². The Hall–Kier alpha value is -0.550. The molecule has 1 unspecified atom stereocenters. The van der Waals surface area contributed by atoms with Crippen molar-refractivity contribution in [3.8, 4) is 0 Å². The van der Waals surface area contributed by atoms with Crippen LogP contribution in [0.2, 0.25) is 10.0 Å². The molecular weight excluding hydrogens is 361 g/mol. The van der Waals surface area contributed by atoms with Gasteiger partial charge in [-0.1, -0.05) is 52.1 Å². The van der Waals surface area contributed by atoms with Gasteiger partial charge in [-0.05, 0) is 31.2 Å². The van der Waals surface area contributed by atoms with Crippen molar-refractivity contribution in [1.29, 1.82) is 0 Å². The van der Waals surface area contributed by atoms with Crippen molar-refractivity contribution in [3.05, 3.63) is 50.2 Å². The minimum atomic E-state index is -0.0736. The highest BCUT2D eigenvalue weighted by molar-refractivity contribution is 9.10. The van der Waals surface area contributed by atoms with Crippen LogP contribution in [0.25, 0.3) is 0 Å². The number of halogens is 3. The summed E-state index contributed by atoms with van der Waals surface area (Å²) in [4.78, 5) is 0. The van der Waals surface area contributed by atoms with E-state index in [2.05, 4.69) is 33.3 Å². The number of rotatable bonds is 5. The van der Waals surface area contributed by atoms with E-state index in [-0.39, 0.29) is 6.04 Å². The molecule has 0 aliphatic heterocycles. The van der Waals surface area contributed by atoms with Crippen molar-refractivity contribution < 1.29 is 0 Å². The van der Waals surface area contributed by atoms with Crippen LogP contribution in [0.1, 0.15) is 31.1 Å². The largest absolute Gasteiger partial charge is 0.305 e. The molecule has 2 rings (SSSR count). The molecule has 20 heavy (non-hydrogen) atoms. The fourth-order valence-electron chi connectivity index (χ4n) is 2.20. The normalized spacial score (nSPS) is 12.7. The number of benzene rings is 1. The molecule has 1 heterocycles. The summed E-state index contributed by atoms with van der Waals surface area (Å²) >= 11 is 16.1. The quantitative estimate of drug-likeness (QED) is 0.821. The van der Waals surface area contributed by atoms with Crippen molar-refractivity contribution >= 4 is 39.1 Å². The Bertz CT molecular complexity index is 598. The summed E-state index contributed by atoms with van der Waals surface area (Å²) in [6.07, 6.45) is 1.68. The summed E-state index contributed by atoms with van der Waals surface area (Å²) in [5.74, 6) is 0. The first kappa shape index (κ1) is 15.8. The number of nitrogens with one attached hydrogen (secondary N) is 1. The van der Waals surface area contributed by atoms with Gasteiger partial charge in [0.15, 0.2) is 0 Å². The van der Waals surface area contributed by atoms with E-state index in [0.29, 0.717) is 10.0 Å². The van der Waals surface area contributed by atoms with Crippen LogP contribution in [0.5, 0.6) is 0 Å². The van der Waals surface area contributed by atoms with Crippen molar-refractivity contribution in [2.75, 3.05) is 6.54 Å². The van der Waals surface area contributed by atoms with E-state index in [1.807, 2.05) is 29.8 Å². The smallest absolute Gasteiger partial charge is 0.0837 e. The first-order valence-electron chi connectivity index (χ1n) is 6.48. The lowest BCUT2D eigenvalue weighted by Gasteiger charge is -2.21. The molecule has 108 valence electrons. The molecule has 6 heteroatoms. The van der Waals surface area contributed by atoms with E-state index in [1.54, 1.807) is 6.20 Å². The average molecular weight is 377 g/mol. The Labute approximate surface area is 137 Å². The topological polar surface area (TPSA) is 29.9 Å². The molecule has 1 N–H and O–H groups in total. The van der Waals surface area contributed by atoms with Gasteiger partial charge in [-0.3, -0.25) is 4.68 Å². The van der Waals surface area contributed by atoms with E-state index in [1.165, 1.54) is 0 Å². The van der Waals surface area contributed by atoms with Crippen LogP contribution < -0.4 is 5.32 Å².